The first-order chi connectivity index (χ1) is 11.3. The SMILES string of the molecule is CCCN(Cc1cc(F)ccc1F)c1nc(C)c([N+](=O)[O-])cc1Cl. The van der Waals surface area contributed by atoms with Gasteiger partial charge in [0.2, 0.25) is 0 Å². The number of hydrogen-bond donors (Lipinski definition) is 0. The number of anilines is 1. The lowest BCUT2D eigenvalue weighted by Crippen LogP contribution is -2.26. The number of halogens is 3. The lowest BCUT2D eigenvalue weighted by molar-refractivity contribution is -0.385. The van der Waals surface area contributed by atoms with Gasteiger partial charge in [-0.15, -0.1) is 0 Å². The van der Waals surface area contributed by atoms with E-state index in [9.17, 15) is 18.9 Å². The average molecular weight is 356 g/mol. The van der Waals surface area contributed by atoms with Crippen molar-refractivity contribution in [3.05, 3.63) is 62.3 Å². The molecule has 0 spiro atoms. The number of aryl methyl sites for hydroxylation is 1. The molecule has 0 fully saturated rings. The molecule has 1 aromatic heterocycles. The van der Waals surface area contributed by atoms with Crippen LogP contribution in [0.2, 0.25) is 5.02 Å². The Bertz CT molecular complexity index is 771. The van der Waals surface area contributed by atoms with Crippen LogP contribution in [0.1, 0.15) is 24.6 Å². The molecular formula is C16H16ClF2N3O2. The van der Waals surface area contributed by atoms with Gasteiger partial charge >= 0.3 is 0 Å². The summed E-state index contributed by atoms with van der Waals surface area (Å²) in [5, 5.41) is 11.1. The summed E-state index contributed by atoms with van der Waals surface area (Å²) in [6.07, 6.45) is 0.713. The van der Waals surface area contributed by atoms with Crippen molar-refractivity contribution in [3.8, 4) is 0 Å². The number of nitro groups is 1. The van der Waals surface area contributed by atoms with E-state index >= 15 is 0 Å². The fraction of sp³-hybridized carbons (Fsp3) is 0.312. The Kier molecular flexibility index (Phi) is 5.66. The molecule has 2 rings (SSSR count). The summed E-state index contributed by atoms with van der Waals surface area (Å²) in [4.78, 5) is 16.3. The summed E-state index contributed by atoms with van der Waals surface area (Å²) in [7, 11) is 0. The molecule has 0 aliphatic carbocycles. The molecule has 0 amide bonds. The zero-order chi connectivity index (χ0) is 17.9. The van der Waals surface area contributed by atoms with E-state index in [0.717, 1.165) is 18.2 Å². The number of rotatable bonds is 6. The van der Waals surface area contributed by atoms with Gasteiger partial charge in [0.15, 0.2) is 0 Å². The summed E-state index contributed by atoms with van der Waals surface area (Å²) < 4.78 is 27.3. The van der Waals surface area contributed by atoms with Crippen LogP contribution >= 0.6 is 11.6 Å². The molecule has 8 heteroatoms. The van der Waals surface area contributed by atoms with Gasteiger partial charge < -0.3 is 4.90 Å². The van der Waals surface area contributed by atoms with E-state index in [1.165, 1.54) is 13.0 Å². The van der Waals surface area contributed by atoms with Gasteiger partial charge in [-0.25, -0.2) is 13.8 Å². The highest BCUT2D eigenvalue weighted by molar-refractivity contribution is 6.33. The van der Waals surface area contributed by atoms with Crippen LogP contribution in [-0.2, 0) is 6.54 Å². The zero-order valence-corrected chi connectivity index (χ0v) is 14.0. The maximum absolute atomic E-state index is 13.9. The Hall–Kier alpha value is -2.28. The molecular weight excluding hydrogens is 340 g/mol. The van der Waals surface area contributed by atoms with Gasteiger partial charge in [0.25, 0.3) is 5.69 Å². The maximum atomic E-state index is 13.9. The van der Waals surface area contributed by atoms with Crippen LogP contribution in [0.5, 0.6) is 0 Å². The van der Waals surface area contributed by atoms with Crippen molar-refractivity contribution >= 4 is 23.1 Å². The highest BCUT2D eigenvalue weighted by Gasteiger charge is 2.20. The number of aromatic nitrogens is 1. The quantitative estimate of drug-likeness (QED) is 0.559. The first kappa shape index (κ1) is 18.1. The Balaban J connectivity index is 2.42. The molecule has 24 heavy (non-hydrogen) atoms. The molecule has 0 saturated carbocycles. The molecule has 0 bridgehead atoms. The summed E-state index contributed by atoms with van der Waals surface area (Å²) in [6, 6.07) is 4.45. The first-order valence-electron chi connectivity index (χ1n) is 7.34. The topological polar surface area (TPSA) is 59.3 Å². The Morgan fingerprint density at radius 3 is 2.67 bits per heavy atom. The van der Waals surface area contributed by atoms with E-state index in [-0.39, 0.29) is 28.5 Å². The molecule has 0 radical (unpaired) electrons. The van der Waals surface area contributed by atoms with Crippen LogP contribution in [0.15, 0.2) is 24.3 Å². The van der Waals surface area contributed by atoms with Gasteiger partial charge in [-0.3, -0.25) is 10.1 Å². The summed E-state index contributed by atoms with van der Waals surface area (Å²) in [5.74, 6) is -0.765. The molecule has 1 aromatic carbocycles. The van der Waals surface area contributed by atoms with Gasteiger partial charge in [0.05, 0.1) is 9.95 Å². The Labute approximate surface area is 143 Å². The van der Waals surface area contributed by atoms with Gasteiger partial charge in [-0.05, 0) is 31.5 Å². The molecule has 0 aliphatic rings. The monoisotopic (exact) mass is 355 g/mol. The van der Waals surface area contributed by atoms with Crippen LogP contribution in [0, 0.1) is 28.7 Å². The standard InChI is InChI=1S/C16H16ClF2N3O2/c1-3-6-21(9-11-7-12(18)4-5-14(11)19)16-13(17)8-15(22(23)24)10(2)20-16/h4-5,7-8H,3,6,9H2,1-2H3. The molecule has 0 aliphatic heterocycles. The zero-order valence-electron chi connectivity index (χ0n) is 13.2. The molecule has 0 N–H and O–H groups in total. The van der Waals surface area contributed by atoms with Gasteiger partial charge in [-0.2, -0.15) is 0 Å². The lowest BCUT2D eigenvalue weighted by Gasteiger charge is -2.24. The van der Waals surface area contributed by atoms with Crippen molar-refractivity contribution in [2.45, 2.75) is 26.8 Å². The van der Waals surface area contributed by atoms with Crippen LogP contribution in [0.4, 0.5) is 20.3 Å². The first-order valence-corrected chi connectivity index (χ1v) is 7.71. The largest absolute Gasteiger partial charge is 0.351 e. The van der Waals surface area contributed by atoms with Crippen molar-refractivity contribution in [1.29, 1.82) is 0 Å². The fourth-order valence-electron chi connectivity index (χ4n) is 2.36. The predicted molar refractivity (Wildman–Crippen MR) is 88.3 cm³/mol. The van der Waals surface area contributed by atoms with Gasteiger partial charge in [0, 0.05) is 24.7 Å². The van der Waals surface area contributed by atoms with Crippen molar-refractivity contribution in [2.24, 2.45) is 0 Å². The summed E-state index contributed by atoms with van der Waals surface area (Å²) in [6.45, 7) is 3.97. The molecule has 2 aromatic rings. The third-order valence-electron chi connectivity index (χ3n) is 3.48. The smallest absolute Gasteiger partial charge is 0.292 e. The summed E-state index contributed by atoms with van der Waals surface area (Å²) >= 11 is 6.14. The van der Waals surface area contributed by atoms with E-state index in [1.807, 2.05) is 6.92 Å². The van der Waals surface area contributed by atoms with Gasteiger partial charge in [-0.1, -0.05) is 18.5 Å². The van der Waals surface area contributed by atoms with Crippen molar-refractivity contribution in [3.63, 3.8) is 0 Å². The molecule has 1 heterocycles. The van der Waals surface area contributed by atoms with E-state index in [0.29, 0.717) is 18.8 Å². The number of pyridine rings is 1. The Morgan fingerprint density at radius 1 is 1.33 bits per heavy atom. The second-order valence-electron chi connectivity index (χ2n) is 5.31. The molecule has 0 saturated heterocycles. The van der Waals surface area contributed by atoms with Crippen LogP contribution in [-0.4, -0.2) is 16.5 Å². The molecule has 128 valence electrons. The Morgan fingerprint density at radius 2 is 2.04 bits per heavy atom. The van der Waals surface area contributed by atoms with E-state index < -0.39 is 16.6 Å². The van der Waals surface area contributed by atoms with Crippen LogP contribution in [0.3, 0.4) is 0 Å². The minimum absolute atomic E-state index is 0.0569. The fourth-order valence-corrected chi connectivity index (χ4v) is 2.63. The molecule has 5 nitrogen and oxygen atoms in total. The minimum Gasteiger partial charge on any atom is -0.351 e. The van der Waals surface area contributed by atoms with Crippen LogP contribution < -0.4 is 4.90 Å². The van der Waals surface area contributed by atoms with Crippen LogP contribution in [0.25, 0.3) is 0 Å². The van der Waals surface area contributed by atoms with Crippen molar-refractivity contribution in [2.75, 3.05) is 11.4 Å². The predicted octanol–water partition coefficient (Wildman–Crippen LogP) is 4.65. The van der Waals surface area contributed by atoms with Crippen molar-refractivity contribution < 1.29 is 13.7 Å². The third-order valence-corrected chi connectivity index (χ3v) is 3.76. The van der Waals surface area contributed by atoms with E-state index in [4.69, 9.17) is 11.6 Å². The minimum atomic E-state index is -0.561. The number of nitrogens with zero attached hydrogens (tertiary/aromatic N) is 3. The lowest BCUT2D eigenvalue weighted by atomic mass is 10.2. The van der Waals surface area contributed by atoms with E-state index in [1.54, 1.807) is 4.90 Å². The second kappa shape index (κ2) is 7.53. The highest BCUT2D eigenvalue weighted by atomic mass is 35.5. The van der Waals surface area contributed by atoms with E-state index in [2.05, 4.69) is 4.98 Å². The van der Waals surface area contributed by atoms with Crippen molar-refractivity contribution in [1.82, 2.24) is 4.98 Å². The number of benzene rings is 1. The maximum Gasteiger partial charge on any atom is 0.292 e. The normalized spacial score (nSPS) is 10.7. The van der Waals surface area contributed by atoms with Gasteiger partial charge in [0.1, 0.15) is 23.1 Å². The third kappa shape index (κ3) is 3.97. The molecule has 0 atom stereocenters. The summed E-state index contributed by atoms with van der Waals surface area (Å²) in [5.41, 5.74) is 0.190. The molecule has 0 unspecified atom stereocenters. The highest BCUT2D eigenvalue weighted by Crippen LogP contribution is 2.31. The number of hydrogen-bond acceptors (Lipinski definition) is 4. The second-order valence-corrected chi connectivity index (χ2v) is 5.72. The average Bonchev–Trinajstić information content (AvgIpc) is 2.52.